The number of H-pyrrole nitrogens is 1. The third-order valence-electron chi connectivity index (χ3n) is 11.1. The number of aryl methyl sites for hydroxylation is 1. The zero-order valence-corrected chi connectivity index (χ0v) is 34.4. The highest BCUT2D eigenvalue weighted by molar-refractivity contribution is 5.94. The van der Waals surface area contributed by atoms with Crippen LogP contribution in [0.5, 0.6) is 23.0 Å². The van der Waals surface area contributed by atoms with Crippen molar-refractivity contribution in [1.29, 1.82) is 0 Å². The lowest BCUT2D eigenvalue weighted by atomic mass is 9.88. The van der Waals surface area contributed by atoms with Gasteiger partial charge in [-0.3, -0.25) is 4.79 Å². The van der Waals surface area contributed by atoms with E-state index in [9.17, 15) is 20.1 Å². The predicted octanol–water partition coefficient (Wildman–Crippen LogP) is 7.46. The number of fused-ring (bicyclic) bond motifs is 8. The van der Waals surface area contributed by atoms with Gasteiger partial charge < -0.3 is 49.1 Å². The van der Waals surface area contributed by atoms with Crippen LogP contribution < -0.4 is 29.9 Å². The van der Waals surface area contributed by atoms with Crippen molar-refractivity contribution in [3.63, 3.8) is 0 Å². The number of hydrogen-bond donors (Lipinski definition) is 5. The number of phenols is 1. The molecule has 6 aromatic rings. The Labute approximate surface area is 355 Å². The van der Waals surface area contributed by atoms with E-state index in [1.54, 1.807) is 18.2 Å². The fourth-order valence-corrected chi connectivity index (χ4v) is 8.03. The highest BCUT2D eigenvalue weighted by Gasteiger charge is 2.32. The topological polar surface area (TPSA) is 150 Å². The van der Waals surface area contributed by atoms with E-state index in [-0.39, 0.29) is 77.4 Å². The Hall–Kier alpha value is -6.45. The quantitative estimate of drug-likeness (QED) is 0.0554. The van der Waals surface area contributed by atoms with E-state index in [1.807, 2.05) is 36.4 Å². The van der Waals surface area contributed by atoms with E-state index in [2.05, 4.69) is 64.3 Å². The summed E-state index contributed by atoms with van der Waals surface area (Å²) in [5, 5.41) is 34.6. The Morgan fingerprint density at radius 1 is 0.951 bits per heavy atom. The van der Waals surface area contributed by atoms with Gasteiger partial charge >= 0.3 is 0 Å². The molecule has 0 aliphatic carbocycles. The number of aromatic hydroxyl groups is 1. The first-order valence-corrected chi connectivity index (χ1v) is 20.9. The van der Waals surface area contributed by atoms with Gasteiger partial charge in [0, 0.05) is 62.0 Å². The standard InChI is InChI=1S/C50H51N3O8/c1-3-37-29-41-35-12-7-11-33(27-35)28-36(14-17-38-31-53(23-22-51-38)50(41)52-37)44-46-45(42(57)30-43(61-46)34-15-19-39(55)20-16-34)48(49(58-2)47(44)59-25-8-24-54)60-26-21-40(56)18-13-32-9-5-4-6-10-32/h4-7,9-13,15-16,18-20,27,29-30,36,38,40,51-52,54-56H,3,8,21-26,28,31H2,1-2H3. The smallest absolute Gasteiger partial charge is 0.204 e. The number of aliphatic hydroxyl groups is 2. The SMILES string of the molecule is CCc1cc2c([nH]1)N1CCNC(C#CC(c3c(OCCCO)c(OC)c(OCCC(O)C=Cc4ccccc4)c4c(=O)cc(-c5ccc(O)cc5)oc34)Cc3cccc-2c3)C1. The molecule has 8 rings (SSSR count). The molecular weight excluding hydrogens is 771 g/mol. The molecule has 3 atom stereocenters. The first kappa shape index (κ1) is 41.3. The summed E-state index contributed by atoms with van der Waals surface area (Å²) in [4.78, 5) is 20.6. The molecule has 11 nitrogen and oxygen atoms in total. The van der Waals surface area contributed by atoms with E-state index < -0.39 is 12.0 Å². The van der Waals surface area contributed by atoms with Crippen LogP contribution in [0.4, 0.5) is 5.82 Å². The highest BCUT2D eigenvalue weighted by atomic mass is 16.5. The molecule has 1 saturated heterocycles. The molecule has 11 heteroatoms. The van der Waals surface area contributed by atoms with Gasteiger partial charge in [-0.1, -0.05) is 85.5 Å². The summed E-state index contributed by atoms with van der Waals surface area (Å²) < 4.78 is 26.0. The van der Waals surface area contributed by atoms with Gasteiger partial charge in [-0.05, 0) is 59.9 Å². The molecule has 3 unspecified atom stereocenters. The maximum absolute atomic E-state index is 14.6. The molecule has 4 aromatic carbocycles. The molecule has 0 spiro atoms. The van der Waals surface area contributed by atoms with Crippen LogP contribution in [0.1, 0.15) is 48.1 Å². The van der Waals surface area contributed by atoms with Crippen molar-refractivity contribution < 1.29 is 33.9 Å². The number of phenolic OH excluding ortho intramolecular Hbond substituents is 1. The van der Waals surface area contributed by atoms with Crippen LogP contribution in [0.3, 0.4) is 0 Å². The predicted molar refractivity (Wildman–Crippen MR) is 239 cm³/mol. The van der Waals surface area contributed by atoms with E-state index in [0.29, 0.717) is 30.5 Å². The van der Waals surface area contributed by atoms with Gasteiger partial charge in [-0.25, -0.2) is 0 Å². The second-order valence-electron chi connectivity index (χ2n) is 15.3. The van der Waals surface area contributed by atoms with Crippen molar-refractivity contribution in [1.82, 2.24) is 10.3 Å². The Kier molecular flexibility index (Phi) is 12.8. The Bertz CT molecular complexity index is 2620. The number of nitrogens with one attached hydrogen (secondary N) is 2. The minimum atomic E-state index is -0.836. The minimum Gasteiger partial charge on any atom is -0.508 e. The Balaban J connectivity index is 1.30. The second-order valence-corrected chi connectivity index (χ2v) is 15.3. The van der Waals surface area contributed by atoms with Crippen LogP contribution in [-0.4, -0.2) is 79.0 Å². The number of aromatic amines is 1. The molecule has 2 aromatic heterocycles. The van der Waals surface area contributed by atoms with Gasteiger partial charge in [0.2, 0.25) is 5.75 Å². The maximum atomic E-state index is 14.6. The largest absolute Gasteiger partial charge is 0.508 e. The number of hydrogen-bond acceptors (Lipinski definition) is 10. The number of benzene rings is 4. The fourth-order valence-electron chi connectivity index (χ4n) is 8.03. The average Bonchev–Trinajstić information content (AvgIpc) is 3.73. The van der Waals surface area contributed by atoms with Crippen LogP contribution in [0.15, 0.2) is 106 Å². The second kappa shape index (κ2) is 18.9. The molecule has 0 radical (unpaired) electrons. The molecule has 4 bridgehead atoms. The number of aliphatic hydroxyl groups excluding tert-OH is 2. The number of piperazine rings is 1. The number of nitrogens with zero attached hydrogens (tertiary/aromatic N) is 1. The van der Waals surface area contributed by atoms with Gasteiger partial charge in [-0.15, -0.1) is 0 Å². The summed E-state index contributed by atoms with van der Waals surface area (Å²) in [5.74, 6) is 8.62. The average molecular weight is 822 g/mol. The maximum Gasteiger partial charge on any atom is 0.204 e. The summed E-state index contributed by atoms with van der Waals surface area (Å²) in [5.41, 5.74) is 6.27. The van der Waals surface area contributed by atoms with E-state index >= 15 is 0 Å². The van der Waals surface area contributed by atoms with Crippen LogP contribution in [0.2, 0.25) is 0 Å². The molecule has 1 fully saturated rings. The summed E-state index contributed by atoms with van der Waals surface area (Å²) >= 11 is 0. The zero-order valence-electron chi connectivity index (χ0n) is 34.4. The monoisotopic (exact) mass is 821 g/mol. The number of methoxy groups -OCH3 is 1. The lowest BCUT2D eigenvalue weighted by Crippen LogP contribution is -2.50. The lowest BCUT2D eigenvalue weighted by Gasteiger charge is -2.33. The first-order chi connectivity index (χ1) is 29.8. The van der Waals surface area contributed by atoms with Crippen LogP contribution >= 0.6 is 0 Å². The van der Waals surface area contributed by atoms with Gasteiger partial charge in [0.05, 0.1) is 44.0 Å². The fraction of sp³-hybridized carbons (Fsp3) is 0.300. The molecule has 2 aliphatic heterocycles. The number of anilines is 1. The first-order valence-electron chi connectivity index (χ1n) is 20.9. The molecule has 5 N–H and O–H groups in total. The molecular formula is C50H51N3O8. The Morgan fingerprint density at radius 3 is 2.56 bits per heavy atom. The molecule has 0 saturated carbocycles. The van der Waals surface area contributed by atoms with Crippen LogP contribution in [-0.2, 0) is 12.8 Å². The molecule has 2 aliphatic rings. The normalized spacial score (nSPS) is 16.6. The zero-order chi connectivity index (χ0) is 42.3. The summed E-state index contributed by atoms with van der Waals surface area (Å²) in [6.07, 6.45) is 4.56. The van der Waals surface area contributed by atoms with Crippen molar-refractivity contribution >= 4 is 22.9 Å². The lowest BCUT2D eigenvalue weighted by molar-refractivity contribution is 0.176. The van der Waals surface area contributed by atoms with E-state index in [4.69, 9.17) is 18.6 Å². The van der Waals surface area contributed by atoms with Gasteiger partial charge in [-0.2, -0.15) is 0 Å². The number of aromatic nitrogens is 1. The summed E-state index contributed by atoms with van der Waals surface area (Å²) in [7, 11) is 1.50. The molecule has 0 amide bonds. The molecule has 4 heterocycles. The van der Waals surface area contributed by atoms with Gasteiger partial charge in [0.25, 0.3) is 0 Å². The van der Waals surface area contributed by atoms with Gasteiger partial charge in [0.15, 0.2) is 22.5 Å². The van der Waals surface area contributed by atoms with Crippen LogP contribution in [0.25, 0.3) is 39.5 Å². The minimum absolute atomic E-state index is 0.0289. The summed E-state index contributed by atoms with van der Waals surface area (Å²) in [6.45, 7) is 4.40. The van der Waals surface area contributed by atoms with E-state index in [1.165, 1.54) is 25.3 Å². The third kappa shape index (κ3) is 9.17. The van der Waals surface area contributed by atoms with Crippen molar-refractivity contribution in [3.05, 3.63) is 130 Å². The molecule has 314 valence electrons. The Morgan fingerprint density at radius 2 is 1.77 bits per heavy atom. The number of ether oxygens (including phenoxy) is 3. The van der Waals surface area contributed by atoms with Crippen LogP contribution in [0, 0.1) is 11.8 Å². The number of rotatable bonds is 14. The van der Waals surface area contributed by atoms with Crippen molar-refractivity contribution in [2.24, 2.45) is 0 Å². The highest BCUT2D eigenvalue weighted by Crippen LogP contribution is 2.50. The molecule has 61 heavy (non-hydrogen) atoms. The van der Waals surface area contributed by atoms with Crippen molar-refractivity contribution in [3.8, 4) is 57.3 Å². The third-order valence-corrected chi connectivity index (χ3v) is 11.1. The van der Waals surface area contributed by atoms with Crippen molar-refractivity contribution in [2.75, 3.05) is 51.5 Å². The van der Waals surface area contributed by atoms with E-state index in [0.717, 1.165) is 53.3 Å². The van der Waals surface area contributed by atoms with Gasteiger partial charge in [0.1, 0.15) is 22.7 Å². The van der Waals surface area contributed by atoms with Crippen molar-refractivity contribution in [2.45, 2.75) is 50.7 Å². The summed E-state index contributed by atoms with van der Waals surface area (Å²) in [6, 6.07) is 28.1.